The average molecular weight is 309 g/mol. The monoisotopic (exact) mass is 309 g/mol. The zero-order chi connectivity index (χ0) is 16.2. The van der Waals surface area contributed by atoms with Crippen molar-refractivity contribution in [3.05, 3.63) is 71.0 Å². The molecule has 0 saturated heterocycles. The van der Waals surface area contributed by atoms with E-state index in [0.717, 1.165) is 6.42 Å². The largest absolute Gasteiger partial charge is 0.335 e. The number of benzene rings is 2. The van der Waals surface area contributed by atoms with Crippen LogP contribution in [0.4, 0.5) is 9.18 Å². The SMILES string of the molecule is N#Cc1ccc(F)c(CNC(=O)N[C@@H]2C[C@H]2c2ccccc2)c1. The van der Waals surface area contributed by atoms with Gasteiger partial charge in [0.05, 0.1) is 11.6 Å². The van der Waals surface area contributed by atoms with Gasteiger partial charge in [0.25, 0.3) is 0 Å². The maximum atomic E-state index is 13.6. The van der Waals surface area contributed by atoms with Gasteiger partial charge in [0.15, 0.2) is 0 Å². The zero-order valence-electron chi connectivity index (χ0n) is 12.4. The molecule has 0 aliphatic heterocycles. The third kappa shape index (κ3) is 3.67. The Labute approximate surface area is 133 Å². The van der Waals surface area contributed by atoms with E-state index in [1.54, 1.807) is 0 Å². The zero-order valence-corrected chi connectivity index (χ0v) is 12.4. The highest BCUT2D eigenvalue weighted by molar-refractivity contribution is 5.75. The lowest BCUT2D eigenvalue weighted by atomic mass is 10.1. The number of carbonyl (C=O) groups is 1. The van der Waals surface area contributed by atoms with Crippen molar-refractivity contribution in [3.8, 4) is 6.07 Å². The summed E-state index contributed by atoms with van der Waals surface area (Å²) in [5.74, 6) is -0.0847. The van der Waals surface area contributed by atoms with Gasteiger partial charge in [0, 0.05) is 24.1 Å². The first-order chi connectivity index (χ1) is 11.2. The fraction of sp³-hybridized carbons (Fsp3) is 0.222. The number of rotatable bonds is 4. The molecule has 23 heavy (non-hydrogen) atoms. The molecule has 1 saturated carbocycles. The van der Waals surface area contributed by atoms with E-state index in [4.69, 9.17) is 5.26 Å². The molecule has 0 heterocycles. The van der Waals surface area contributed by atoms with E-state index in [-0.39, 0.29) is 18.6 Å². The summed E-state index contributed by atoms with van der Waals surface area (Å²) in [5.41, 5.74) is 1.88. The van der Waals surface area contributed by atoms with Crippen LogP contribution in [-0.4, -0.2) is 12.1 Å². The summed E-state index contributed by atoms with van der Waals surface area (Å²) < 4.78 is 13.6. The van der Waals surface area contributed by atoms with Crippen molar-refractivity contribution < 1.29 is 9.18 Å². The maximum Gasteiger partial charge on any atom is 0.315 e. The van der Waals surface area contributed by atoms with Gasteiger partial charge in [-0.05, 0) is 30.2 Å². The lowest BCUT2D eigenvalue weighted by molar-refractivity contribution is 0.240. The first-order valence-electron chi connectivity index (χ1n) is 7.45. The van der Waals surface area contributed by atoms with E-state index in [2.05, 4.69) is 10.6 Å². The third-order valence-corrected chi connectivity index (χ3v) is 3.95. The summed E-state index contributed by atoms with van der Waals surface area (Å²) in [6, 6.07) is 15.9. The highest BCUT2D eigenvalue weighted by Gasteiger charge is 2.39. The Kier molecular flexibility index (Phi) is 4.24. The van der Waals surface area contributed by atoms with Gasteiger partial charge in [-0.2, -0.15) is 5.26 Å². The minimum absolute atomic E-state index is 0.0515. The number of nitriles is 1. The van der Waals surface area contributed by atoms with Gasteiger partial charge >= 0.3 is 6.03 Å². The third-order valence-electron chi connectivity index (χ3n) is 3.95. The van der Waals surface area contributed by atoms with E-state index >= 15 is 0 Å². The van der Waals surface area contributed by atoms with Crippen molar-refractivity contribution in [2.24, 2.45) is 0 Å². The number of hydrogen-bond acceptors (Lipinski definition) is 2. The molecule has 3 rings (SSSR count). The molecule has 1 aliphatic rings. The van der Waals surface area contributed by atoms with Crippen molar-refractivity contribution in [2.45, 2.75) is 24.9 Å². The Balaban J connectivity index is 1.51. The number of carbonyl (C=O) groups excluding carboxylic acids is 1. The van der Waals surface area contributed by atoms with E-state index in [1.165, 1.54) is 23.8 Å². The van der Waals surface area contributed by atoms with Crippen LogP contribution in [0.25, 0.3) is 0 Å². The van der Waals surface area contributed by atoms with Crippen molar-refractivity contribution in [2.75, 3.05) is 0 Å². The Bertz CT molecular complexity index is 755. The lowest BCUT2D eigenvalue weighted by Crippen LogP contribution is -2.37. The molecule has 0 spiro atoms. The van der Waals surface area contributed by atoms with Gasteiger partial charge in [-0.25, -0.2) is 9.18 Å². The number of nitrogens with zero attached hydrogens (tertiary/aromatic N) is 1. The van der Waals surface area contributed by atoms with Gasteiger partial charge in [-0.15, -0.1) is 0 Å². The van der Waals surface area contributed by atoms with Gasteiger partial charge in [-0.1, -0.05) is 30.3 Å². The quantitative estimate of drug-likeness (QED) is 0.911. The van der Waals surface area contributed by atoms with E-state index in [0.29, 0.717) is 17.0 Å². The average Bonchev–Trinajstić information content (AvgIpc) is 3.34. The second-order valence-corrected chi connectivity index (χ2v) is 5.60. The van der Waals surface area contributed by atoms with Gasteiger partial charge in [0.1, 0.15) is 5.82 Å². The summed E-state index contributed by atoms with van der Waals surface area (Å²) in [6.07, 6.45) is 0.912. The Morgan fingerprint density at radius 1 is 1.26 bits per heavy atom. The molecule has 0 aromatic heterocycles. The van der Waals surface area contributed by atoms with Crippen LogP contribution in [0.15, 0.2) is 48.5 Å². The molecule has 0 radical (unpaired) electrons. The highest BCUT2D eigenvalue weighted by Crippen LogP contribution is 2.40. The van der Waals surface area contributed by atoms with Crippen LogP contribution in [-0.2, 0) is 6.54 Å². The number of amides is 2. The Morgan fingerprint density at radius 3 is 2.78 bits per heavy atom. The minimum atomic E-state index is -0.433. The molecule has 0 bridgehead atoms. The van der Waals surface area contributed by atoms with E-state index in [9.17, 15) is 9.18 Å². The molecular formula is C18H16FN3O. The Hall–Kier alpha value is -2.87. The van der Waals surface area contributed by atoms with Gasteiger partial charge in [0.2, 0.25) is 0 Å². The van der Waals surface area contributed by atoms with Crippen LogP contribution in [0.3, 0.4) is 0 Å². The van der Waals surface area contributed by atoms with Crippen LogP contribution in [0.5, 0.6) is 0 Å². The summed E-state index contributed by atoms with van der Waals surface area (Å²) in [4.78, 5) is 11.9. The highest BCUT2D eigenvalue weighted by atomic mass is 19.1. The standard InChI is InChI=1S/C18H16FN3O/c19-16-7-6-12(10-20)8-14(16)11-21-18(23)22-17-9-15(17)13-4-2-1-3-5-13/h1-8,15,17H,9,11H2,(H2,21,22,23)/t15-,17+/m0/s1. The first-order valence-corrected chi connectivity index (χ1v) is 7.45. The van der Waals surface area contributed by atoms with Crippen LogP contribution in [0, 0.1) is 17.1 Å². The van der Waals surface area contributed by atoms with Crippen molar-refractivity contribution >= 4 is 6.03 Å². The number of urea groups is 1. The second-order valence-electron chi connectivity index (χ2n) is 5.60. The number of nitrogens with one attached hydrogen (secondary N) is 2. The fourth-order valence-electron chi connectivity index (χ4n) is 2.60. The molecule has 1 aliphatic carbocycles. The lowest BCUT2D eigenvalue weighted by Gasteiger charge is -2.08. The molecule has 116 valence electrons. The second kappa shape index (κ2) is 6.49. The molecule has 2 amide bonds. The molecule has 0 unspecified atom stereocenters. The van der Waals surface area contributed by atoms with Crippen LogP contribution in [0.1, 0.15) is 29.0 Å². The predicted octanol–water partition coefficient (Wildman–Crippen LogP) is 3.05. The molecule has 2 N–H and O–H groups in total. The first kappa shape index (κ1) is 15.0. The van der Waals surface area contributed by atoms with Crippen molar-refractivity contribution in [3.63, 3.8) is 0 Å². The number of hydrogen-bond donors (Lipinski definition) is 2. The Morgan fingerprint density at radius 2 is 2.04 bits per heavy atom. The number of halogens is 1. The normalized spacial score (nSPS) is 18.8. The van der Waals surface area contributed by atoms with Gasteiger partial charge in [-0.3, -0.25) is 0 Å². The summed E-state index contributed by atoms with van der Waals surface area (Å²) >= 11 is 0. The molecule has 4 nitrogen and oxygen atoms in total. The van der Waals surface area contributed by atoms with Gasteiger partial charge < -0.3 is 10.6 Å². The molecule has 2 aromatic carbocycles. The fourth-order valence-corrected chi connectivity index (χ4v) is 2.60. The molecule has 5 heteroatoms. The van der Waals surface area contributed by atoms with Crippen molar-refractivity contribution in [1.82, 2.24) is 10.6 Å². The van der Waals surface area contributed by atoms with E-state index in [1.807, 2.05) is 36.4 Å². The molecule has 2 atom stereocenters. The minimum Gasteiger partial charge on any atom is -0.335 e. The maximum absolute atomic E-state index is 13.6. The summed E-state index contributed by atoms with van der Waals surface area (Å²) in [6.45, 7) is 0.0515. The molecular weight excluding hydrogens is 293 g/mol. The topological polar surface area (TPSA) is 64.9 Å². The summed E-state index contributed by atoms with van der Waals surface area (Å²) in [5, 5.41) is 14.3. The predicted molar refractivity (Wildman–Crippen MR) is 84.1 cm³/mol. The van der Waals surface area contributed by atoms with Crippen LogP contribution < -0.4 is 10.6 Å². The molecule has 2 aromatic rings. The van der Waals surface area contributed by atoms with E-state index < -0.39 is 5.82 Å². The van der Waals surface area contributed by atoms with Crippen LogP contribution in [0.2, 0.25) is 0 Å². The summed E-state index contributed by atoms with van der Waals surface area (Å²) in [7, 11) is 0. The van der Waals surface area contributed by atoms with Crippen molar-refractivity contribution in [1.29, 1.82) is 5.26 Å². The van der Waals surface area contributed by atoms with Crippen LogP contribution >= 0.6 is 0 Å². The smallest absolute Gasteiger partial charge is 0.315 e. The molecule has 1 fully saturated rings.